The maximum Gasteiger partial charge on any atom is 0.126 e. The number of benzene rings is 2. The molecule has 2 aromatic rings. The van der Waals surface area contributed by atoms with Crippen molar-refractivity contribution in [3.63, 3.8) is 0 Å². The van der Waals surface area contributed by atoms with Gasteiger partial charge < -0.3 is 9.64 Å². The third-order valence-corrected chi connectivity index (χ3v) is 4.43. The topological polar surface area (TPSA) is 12.5 Å². The molecule has 2 nitrogen and oxygen atoms in total. The standard InChI is InChI=1S/C22H31NO/c1-6-23(19-11-8-7-9-12-19)15-16-24-22-20(17(2)3)13-10-14-21(22)18(4)5/h7-14,17-18H,6,15-16H2,1-5H3. The van der Waals surface area contributed by atoms with E-state index in [4.69, 9.17) is 4.74 Å². The zero-order valence-electron chi connectivity index (χ0n) is 15.8. The molecular formula is C22H31NO. The Balaban J connectivity index is 2.11. The van der Waals surface area contributed by atoms with Gasteiger partial charge >= 0.3 is 0 Å². The van der Waals surface area contributed by atoms with E-state index in [1.807, 2.05) is 0 Å². The molecule has 0 heterocycles. The van der Waals surface area contributed by atoms with E-state index in [0.29, 0.717) is 18.4 Å². The van der Waals surface area contributed by atoms with Crippen LogP contribution in [0.25, 0.3) is 0 Å². The van der Waals surface area contributed by atoms with Crippen molar-refractivity contribution in [2.75, 3.05) is 24.6 Å². The molecule has 0 saturated heterocycles. The van der Waals surface area contributed by atoms with Crippen LogP contribution in [0.1, 0.15) is 57.6 Å². The number of ether oxygens (including phenoxy) is 1. The van der Waals surface area contributed by atoms with Gasteiger partial charge in [0, 0.05) is 12.2 Å². The minimum Gasteiger partial charge on any atom is -0.491 e. The molecule has 0 aliphatic carbocycles. The van der Waals surface area contributed by atoms with Crippen LogP contribution in [0.3, 0.4) is 0 Å². The first-order valence-corrected chi connectivity index (χ1v) is 9.10. The molecule has 0 bridgehead atoms. The van der Waals surface area contributed by atoms with Gasteiger partial charge in [0.1, 0.15) is 12.4 Å². The number of hydrogen-bond acceptors (Lipinski definition) is 2. The van der Waals surface area contributed by atoms with E-state index in [9.17, 15) is 0 Å². The quantitative estimate of drug-likeness (QED) is 0.604. The minimum absolute atomic E-state index is 0.468. The minimum atomic E-state index is 0.468. The fraction of sp³-hybridized carbons (Fsp3) is 0.455. The van der Waals surface area contributed by atoms with Crippen molar-refractivity contribution in [1.82, 2.24) is 0 Å². The van der Waals surface area contributed by atoms with Gasteiger partial charge in [0.15, 0.2) is 0 Å². The van der Waals surface area contributed by atoms with Crippen molar-refractivity contribution < 1.29 is 4.74 Å². The van der Waals surface area contributed by atoms with Gasteiger partial charge in [0.2, 0.25) is 0 Å². The van der Waals surface area contributed by atoms with Gasteiger partial charge in [0.05, 0.1) is 6.54 Å². The molecule has 0 unspecified atom stereocenters. The van der Waals surface area contributed by atoms with Gasteiger partial charge in [-0.1, -0.05) is 64.1 Å². The first-order chi connectivity index (χ1) is 11.5. The van der Waals surface area contributed by atoms with Gasteiger partial charge in [-0.05, 0) is 42.0 Å². The van der Waals surface area contributed by atoms with E-state index in [1.165, 1.54) is 16.8 Å². The Labute approximate surface area is 147 Å². The van der Waals surface area contributed by atoms with E-state index in [1.54, 1.807) is 0 Å². The summed E-state index contributed by atoms with van der Waals surface area (Å²) >= 11 is 0. The Morgan fingerprint density at radius 2 is 1.42 bits per heavy atom. The van der Waals surface area contributed by atoms with Crippen LogP contribution in [0.4, 0.5) is 5.69 Å². The van der Waals surface area contributed by atoms with Crippen LogP contribution in [-0.2, 0) is 0 Å². The molecule has 0 saturated carbocycles. The molecule has 130 valence electrons. The van der Waals surface area contributed by atoms with Crippen molar-refractivity contribution in [3.05, 3.63) is 59.7 Å². The summed E-state index contributed by atoms with van der Waals surface area (Å²) in [7, 11) is 0. The number of nitrogens with zero attached hydrogens (tertiary/aromatic N) is 1. The number of rotatable bonds is 8. The van der Waals surface area contributed by atoms with E-state index in [2.05, 4.69) is 88.0 Å². The molecule has 24 heavy (non-hydrogen) atoms. The molecule has 0 fully saturated rings. The summed E-state index contributed by atoms with van der Waals surface area (Å²) in [5.41, 5.74) is 3.87. The summed E-state index contributed by atoms with van der Waals surface area (Å²) < 4.78 is 6.30. The van der Waals surface area contributed by atoms with Crippen LogP contribution in [0.5, 0.6) is 5.75 Å². The SMILES string of the molecule is CCN(CCOc1c(C(C)C)cccc1C(C)C)c1ccccc1. The second kappa shape index (κ2) is 8.77. The third kappa shape index (κ3) is 4.53. The van der Waals surface area contributed by atoms with E-state index in [0.717, 1.165) is 18.8 Å². The summed E-state index contributed by atoms with van der Waals surface area (Å²) in [5.74, 6) is 2.02. The van der Waals surface area contributed by atoms with Crippen LogP contribution in [0.2, 0.25) is 0 Å². The smallest absolute Gasteiger partial charge is 0.126 e. The van der Waals surface area contributed by atoms with Crippen LogP contribution in [0, 0.1) is 0 Å². The second-order valence-corrected chi connectivity index (χ2v) is 6.84. The largest absolute Gasteiger partial charge is 0.491 e. The van der Waals surface area contributed by atoms with Gasteiger partial charge in [-0.15, -0.1) is 0 Å². The van der Waals surface area contributed by atoms with Gasteiger partial charge in [-0.3, -0.25) is 0 Å². The molecule has 0 aromatic heterocycles. The molecule has 2 heteroatoms. The molecule has 0 aliphatic rings. The number of para-hydroxylation sites is 2. The van der Waals surface area contributed by atoms with Crippen LogP contribution < -0.4 is 9.64 Å². The lowest BCUT2D eigenvalue weighted by Gasteiger charge is -2.25. The Bertz CT molecular complexity index is 593. The summed E-state index contributed by atoms with van der Waals surface area (Å²) in [6, 6.07) is 17.1. The first kappa shape index (κ1) is 18.4. The van der Waals surface area contributed by atoms with Crippen molar-refractivity contribution in [1.29, 1.82) is 0 Å². The van der Waals surface area contributed by atoms with E-state index >= 15 is 0 Å². The van der Waals surface area contributed by atoms with Gasteiger partial charge in [-0.25, -0.2) is 0 Å². The highest BCUT2D eigenvalue weighted by Gasteiger charge is 2.15. The monoisotopic (exact) mass is 325 g/mol. The molecular weight excluding hydrogens is 294 g/mol. The Morgan fingerprint density at radius 3 is 1.92 bits per heavy atom. The summed E-state index contributed by atoms with van der Waals surface area (Å²) in [5, 5.41) is 0. The van der Waals surface area contributed by atoms with Crippen molar-refractivity contribution in [2.45, 2.75) is 46.5 Å². The molecule has 0 radical (unpaired) electrons. The fourth-order valence-corrected chi connectivity index (χ4v) is 3.02. The van der Waals surface area contributed by atoms with Crippen LogP contribution >= 0.6 is 0 Å². The first-order valence-electron chi connectivity index (χ1n) is 9.10. The predicted molar refractivity (Wildman–Crippen MR) is 104 cm³/mol. The fourth-order valence-electron chi connectivity index (χ4n) is 3.02. The molecule has 0 N–H and O–H groups in total. The van der Waals surface area contributed by atoms with Crippen molar-refractivity contribution in [3.8, 4) is 5.75 Å². The van der Waals surface area contributed by atoms with Gasteiger partial charge in [-0.2, -0.15) is 0 Å². The third-order valence-electron chi connectivity index (χ3n) is 4.43. The normalized spacial score (nSPS) is 11.1. The van der Waals surface area contributed by atoms with Crippen LogP contribution in [-0.4, -0.2) is 19.7 Å². The molecule has 2 aromatic carbocycles. The number of anilines is 1. The van der Waals surface area contributed by atoms with Crippen LogP contribution in [0.15, 0.2) is 48.5 Å². The maximum absolute atomic E-state index is 6.30. The maximum atomic E-state index is 6.30. The van der Waals surface area contributed by atoms with E-state index < -0.39 is 0 Å². The number of hydrogen-bond donors (Lipinski definition) is 0. The van der Waals surface area contributed by atoms with Crippen molar-refractivity contribution in [2.24, 2.45) is 0 Å². The zero-order chi connectivity index (χ0) is 17.5. The zero-order valence-corrected chi connectivity index (χ0v) is 15.8. The lowest BCUT2D eigenvalue weighted by molar-refractivity contribution is 0.315. The van der Waals surface area contributed by atoms with E-state index in [-0.39, 0.29) is 0 Å². The highest BCUT2D eigenvalue weighted by atomic mass is 16.5. The number of likely N-dealkylation sites (N-methyl/N-ethyl adjacent to an activating group) is 1. The highest BCUT2D eigenvalue weighted by molar-refractivity contribution is 5.46. The van der Waals surface area contributed by atoms with Gasteiger partial charge in [0.25, 0.3) is 0 Å². The lowest BCUT2D eigenvalue weighted by Crippen LogP contribution is -2.28. The molecule has 0 amide bonds. The Hall–Kier alpha value is -1.96. The summed E-state index contributed by atoms with van der Waals surface area (Å²) in [4.78, 5) is 2.35. The molecule has 0 spiro atoms. The molecule has 0 atom stereocenters. The Kier molecular flexibility index (Phi) is 6.72. The average Bonchev–Trinajstić information content (AvgIpc) is 2.59. The lowest BCUT2D eigenvalue weighted by atomic mass is 9.94. The predicted octanol–water partition coefficient (Wildman–Crippen LogP) is 5.84. The second-order valence-electron chi connectivity index (χ2n) is 6.84. The molecule has 2 rings (SSSR count). The highest BCUT2D eigenvalue weighted by Crippen LogP contribution is 2.34. The van der Waals surface area contributed by atoms with Crippen molar-refractivity contribution >= 4 is 5.69 Å². The average molecular weight is 325 g/mol. The Morgan fingerprint density at radius 1 is 0.833 bits per heavy atom. The summed E-state index contributed by atoms with van der Waals surface area (Å²) in [6.07, 6.45) is 0. The molecule has 0 aliphatic heterocycles. The summed E-state index contributed by atoms with van der Waals surface area (Å²) in [6.45, 7) is 13.7.